The normalized spacial score (nSPS) is 17.4. The molecule has 3 aromatic rings. The first-order valence-corrected chi connectivity index (χ1v) is 12.5. The molecule has 8 nitrogen and oxygen atoms in total. The van der Waals surface area contributed by atoms with E-state index in [4.69, 9.17) is 16.7 Å². The Bertz CT molecular complexity index is 1380. The van der Waals surface area contributed by atoms with Gasteiger partial charge in [-0.1, -0.05) is 29.8 Å². The van der Waals surface area contributed by atoms with Crippen LogP contribution in [0.5, 0.6) is 0 Å². The van der Waals surface area contributed by atoms with Crippen LogP contribution in [0.1, 0.15) is 42.4 Å². The van der Waals surface area contributed by atoms with E-state index in [1.807, 2.05) is 6.07 Å². The van der Waals surface area contributed by atoms with Gasteiger partial charge in [-0.2, -0.15) is 5.26 Å². The number of pyridine rings is 1. The lowest BCUT2D eigenvalue weighted by molar-refractivity contribution is -0.0836. The average molecular weight is 527 g/mol. The zero-order valence-corrected chi connectivity index (χ0v) is 20.7. The molecule has 3 heterocycles. The summed E-state index contributed by atoms with van der Waals surface area (Å²) in [5.41, 5.74) is 1.17. The summed E-state index contributed by atoms with van der Waals surface area (Å²) in [6.07, 6.45) is 2.49. The number of amides is 1. The van der Waals surface area contributed by atoms with E-state index in [0.717, 1.165) is 18.4 Å². The van der Waals surface area contributed by atoms with Gasteiger partial charge in [-0.05, 0) is 49.8 Å². The van der Waals surface area contributed by atoms with Crippen molar-refractivity contribution in [2.75, 3.05) is 25.0 Å². The molecule has 2 aliphatic rings. The Hall–Kier alpha value is -3.58. The van der Waals surface area contributed by atoms with Crippen LogP contribution in [0.4, 0.5) is 19.4 Å². The van der Waals surface area contributed by atoms with Gasteiger partial charge < -0.3 is 15.3 Å². The van der Waals surface area contributed by atoms with Crippen LogP contribution in [0, 0.1) is 17.2 Å². The standard InChI is InChI=1S/C26H25ClF2N6O2/c27-21-20(25(14-30)7-8-25)13-19-22(32-15-33-23(19)34-21)31-9-4-16-2-1-3-18(12-16)26(28,29)17-5-10-35(11-6-17)24(36)37/h1-3,12-13,15,17H,4-11H2,(H,36,37)(H,31,32,33,34). The lowest BCUT2D eigenvalue weighted by atomic mass is 9.86. The molecule has 2 N–H and O–H groups in total. The monoisotopic (exact) mass is 526 g/mol. The van der Waals surface area contributed by atoms with Crippen LogP contribution in [0.3, 0.4) is 0 Å². The smallest absolute Gasteiger partial charge is 0.407 e. The summed E-state index contributed by atoms with van der Waals surface area (Å²) >= 11 is 6.34. The first kappa shape index (κ1) is 25.1. The number of nitrogens with one attached hydrogen (secondary N) is 1. The number of hydrogen-bond acceptors (Lipinski definition) is 6. The number of alkyl halides is 2. The van der Waals surface area contributed by atoms with E-state index >= 15 is 8.78 Å². The number of piperidine rings is 1. The summed E-state index contributed by atoms with van der Waals surface area (Å²) in [7, 11) is 0. The molecular formula is C26H25ClF2N6O2. The largest absolute Gasteiger partial charge is 0.465 e. The number of carboxylic acid groups (broad SMARTS) is 1. The minimum atomic E-state index is -3.04. The van der Waals surface area contributed by atoms with Crippen molar-refractivity contribution in [3.05, 3.63) is 58.5 Å². The van der Waals surface area contributed by atoms with Crippen LogP contribution in [0.25, 0.3) is 11.0 Å². The molecule has 1 saturated heterocycles. The molecule has 2 aromatic heterocycles. The Labute approximate surface area is 217 Å². The van der Waals surface area contributed by atoms with Gasteiger partial charge in [-0.25, -0.2) is 28.5 Å². The summed E-state index contributed by atoms with van der Waals surface area (Å²) < 4.78 is 30.5. The molecular weight excluding hydrogens is 502 g/mol. The van der Waals surface area contributed by atoms with E-state index in [1.54, 1.807) is 12.1 Å². The Morgan fingerprint density at radius 1 is 1.27 bits per heavy atom. The fourth-order valence-electron chi connectivity index (χ4n) is 4.94. The second-order valence-electron chi connectivity index (χ2n) is 9.66. The fourth-order valence-corrected chi connectivity index (χ4v) is 5.25. The molecule has 1 aliphatic carbocycles. The SMILES string of the molecule is N#CC1(c2cc3c(NCCc4cccc(C(F)(F)C5CCN(C(=O)O)CC5)c4)ncnc3nc2Cl)CC1. The number of likely N-dealkylation sites (tertiary alicyclic amines) is 1. The predicted octanol–water partition coefficient (Wildman–Crippen LogP) is 5.37. The highest BCUT2D eigenvalue weighted by Gasteiger charge is 2.47. The van der Waals surface area contributed by atoms with Crippen LogP contribution in [-0.2, 0) is 17.8 Å². The summed E-state index contributed by atoms with van der Waals surface area (Å²) in [5, 5.41) is 22.8. The van der Waals surface area contributed by atoms with Crippen molar-refractivity contribution in [2.24, 2.45) is 5.92 Å². The van der Waals surface area contributed by atoms with Crippen molar-refractivity contribution in [1.29, 1.82) is 5.26 Å². The van der Waals surface area contributed by atoms with Crippen molar-refractivity contribution in [3.63, 3.8) is 0 Å². The molecule has 37 heavy (non-hydrogen) atoms. The fraction of sp³-hybridized carbons (Fsp3) is 0.423. The number of aromatic nitrogens is 3. The van der Waals surface area contributed by atoms with E-state index in [2.05, 4.69) is 26.3 Å². The molecule has 1 aliphatic heterocycles. The van der Waals surface area contributed by atoms with Gasteiger partial charge in [0.25, 0.3) is 5.92 Å². The third-order valence-corrected chi connectivity index (χ3v) is 7.64. The second-order valence-corrected chi connectivity index (χ2v) is 10.0. The summed E-state index contributed by atoms with van der Waals surface area (Å²) in [5.74, 6) is -3.41. The third-order valence-electron chi connectivity index (χ3n) is 7.35. The maximum absolute atomic E-state index is 15.3. The molecule has 1 amide bonds. The minimum Gasteiger partial charge on any atom is -0.465 e. The Morgan fingerprint density at radius 3 is 2.70 bits per heavy atom. The molecule has 0 atom stereocenters. The van der Waals surface area contributed by atoms with Gasteiger partial charge in [0.1, 0.15) is 17.3 Å². The van der Waals surface area contributed by atoms with Crippen LogP contribution >= 0.6 is 11.6 Å². The number of hydrogen-bond donors (Lipinski definition) is 2. The van der Waals surface area contributed by atoms with Gasteiger partial charge in [-0.15, -0.1) is 0 Å². The highest BCUT2D eigenvalue weighted by Crippen LogP contribution is 2.50. The highest BCUT2D eigenvalue weighted by molar-refractivity contribution is 6.30. The topological polar surface area (TPSA) is 115 Å². The number of benzene rings is 1. The van der Waals surface area contributed by atoms with Crippen LogP contribution in [0.2, 0.25) is 5.15 Å². The number of rotatable bonds is 7. The van der Waals surface area contributed by atoms with Crippen molar-refractivity contribution in [1.82, 2.24) is 19.9 Å². The predicted molar refractivity (Wildman–Crippen MR) is 134 cm³/mol. The number of fused-ring (bicyclic) bond motifs is 1. The van der Waals surface area contributed by atoms with Gasteiger partial charge in [0, 0.05) is 36.7 Å². The molecule has 1 saturated carbocycles. The molecule has 0 radical (unpaired) electrons. The van der Waals surface area contributed by atoms with Crippen molar-refractivity contribution >= 4 is 34.5 Å². The molecule has 11 heteroatoms. The maximum atomic E-state index is 15.3. The number of nitriles is 1. The molecule has 2 fully saturated rings. The van der Waals surface area contributed by atoms with Crippen molar-refractivity contribution in [3.8, 4) is 6.07 Å². The van der Waals surface area contributed by atoms with Crippen LogP contribution in [-0.4, -0.2) is 50.7 Å². The summed E-state index contributed by atoms with van der Waals surface area (Å²) in [6.45, 7) is 0.659. The second kappa shape index (κ2) is 9.71. The number of nitrogens with zero attached hydrogens (tertiary/aromatic N) is 5. The molecule has 1 aromatic carbocycles. The van der Waals surface area contributed by atoms with E-state index < -0.39 is 23.3 Å². The van der Waals surface area contributed by atoms with E-state index in [0.29, 0.717) is 35.4 Å². The number of halogens is 3. The van der Waals surface area contributed by atoms with Gasteiger partial charge in [0.05, 0.1) is 16.9 Å². The zero-order valence-electron chi connectivity index (χ0n) is 19.9. The van der Waals surface area contributed by atoms with Crippen LogP contribution in [0.15, 0.2) is 36.7 Å². The van der Waals surface area contributed by atoms with E-state index in [-0.39, 0.29) is 36.6 Å². The molecule has 5 rings (SSSR count). The molecule has 0 bridgehead atoms. The molecule has 0 spiro atoms. The van der Waals surface area contributed by atoms with Crippen molar-refractivity contribution in [2.45, 2.75) is 43.4 Å². The number of anilines is 1. The maximum Gasteiger partial charge on any atom is 0.407 e. The third kappa shape index (κ3) is 4.88. The van der Waals surface area contributed by atoms with Gasteiger partial charge in [0.2, 0.25) is 0 Å². The molecule has 192 valence electrons. The van der Waals surface area contributed by atoms with Gasteiger partial charge in [-0.3, -0.25) is 0 Å². The first-order chi connectivity index (χ1) is 17.7. The average Bonchev–Trinajstić information content (AvgIpc) is 3.70. The zero-order chi connectivity index (χ0) is 26.2. The van der Waals surface area contributed by atoms with Gasteiger partial charge >= 0.3 is 6.09 Å². The highest BCUT2D eigenvalue weighted by atomic mass is 35.5. The Balaban J connectivity index is 1.28. The molecule has 0 unspecified atom stereocenters. The van der Waals surface area contributed by atoms with Crippen molar-refractivity contribution < 1.29 is 18.7 Å². The van der Waals surface area contributed by atoms with Gasteiger partial charge in [0.15, 0.2) is 5.65 Å². The Kier molecular flexibility index (Phi) is 6.58. The quantitative estimate of drug-likeness (QED) is 0.398. The number of carbonyl (C=O) groups is 1. The minimum absolute atomic E-state index is 0.0546. The van der Waals surface area contributed by atoms with E-state index in [9.17, 15) is 10.1 Å². The summed E-state index contributed by atoms with van der Waals surface area (Å²) in [6, 6.07) is 10.5. The first-order valence-electron chi connectivity index (χ1n) is 12.2. The lowest BCUT2D eigenvalue weighted by Crippen LogP contribution is -2.41. The lowest BCUT2D eigenvalue weighted by Gasteiger charge is -2.34. The van der Waals surface area contributed by atoms with E-state index in [1.165, 1.54) is 23.4 Å². The Morgan fingerprint density at radius 2 is 2.03 bits per heavy atom. The summed E-state index contributed by atoms with van der Waals surface area (Å²) in [4.78, 5) is 25.1. The van der Waals surface area contributed by atoms with Crippen LogP contribution < -0.4 is 5.32 Å².